The molecule has 4 rings (SSSR count). The molecular formula is C21H25IN2O. The van der Waals surface area contributed by atoms with Crippen LogP contribution in [0.5, 0.6) is 0 Å². The van der Waals surface area contributed by atoms with Crippen molar-refractivity contribution in [2.24, 2.45) is 11.8 Å². The van der Waals surface area contributed by atoms with Gasteiger partial charge >= 0.3 is 0 Å². The first kappa shape index (κ1) is 17.3. The van der Waals surface area contributed by atoms with E-state index in [0.29, 0.717) is 5.92 Å². The maximum Gasteiger partial charge on any atom is 0.141 e. The molecule has 0 spiro atoms. The highest BCUT2D eigenvalue weighted by Crippen LogP contribution is 2.38. The van der Waals surface area contributed by atoms with Crippen molar-refractivity contribution < 1.29 is 4.52 Å². The van der Waals surface area contributed by atoms with Gasteiger partial charge in [0.2, 0.25) is 0 Å². The number of nitrogens with zero attached hydrogens (tertiary/aromatic N) is 2. The van der Waals surface area contributed by atoms with Crippen molar-refractivity contribution in [1.82, 2.24) is 10.1 Å². The van der Waals surface area contributed by atoms with Crippen LogP contribution in [-0.4, -0.2) is 10.1 Å². The van der Waals surface area contributed by atoms with Crippen LogP contribution >= 0.6 is 22.6 Å². The molecule has 0 radical (unpaired) electrons. The van der Waals surface area contributed by atoms with E-state index in [0.717, 1.165) is 34.9 Å². The molecule has 2 heterocycles. The number of allylic oxidation sites excluding steroid dienone is 1. The van der Waals surface area contributed by atoms with Crippen LogP contribution in [0.15, 0.2) is 22.9 Å². The predicted molar refractivity (Wildman–Crippen MR) is 110 cm³/mol. The van der Waals surface area contributed by atoms with Crippen molar-refractivity contribution in [3.63, 3.8) is 0 Å². The number of rotatable bonds is 3. The number of aromatic nitrogens is 2. The summed E-state index contributed by atoms with van der Waals surface area (Å²) < 4.78 is 6.66. The van der Waals surface area contributed by atoms with Crippen LogP contribution in [0.25, 0.3) is 14.7 Å². The predicted octanol–water partition coefficient (Wildman–Crippen LogP) is 6.27. The van der Waals surface area contributed by atoms with Gasteiger partial charge in [-0.1, -0.05) is 36.9 Å². The first-order valence-electron chi connectivity index (χ1n) is 9.41. The molecular weight excluding hydrogens is 423 g/mol. The summed E-state index contributed by atoms with van der Waals surface area (Å²) in [5, 5.41) is 4.09. The van der Waals surface area contributed by atoms with E-state index < -0.39 is 0 Å². The number of halogens is 1. The second-order valence-corrected chi connectivity index (χ2v) is 8.79. The van der Waals surface area contributed by atoms with Crippen molar-refractivity contribution in [1.29, 1.82) is 0 Å². The lowest BCUT2D eigenvalue weighted by Crippen LogP contribution is -2.04. The molecule has 132 valence electrons. The Morgan fingerprint density at radius 3 is 2.72 bits per heavy atom. The molecule has 0 bridgehead atoms. The van der Waals surface area contributed by atoms with Crippen molar-refractivity contribution in [3.8, 4) is 11.1 Å². The summed E-state index contributed by atoms with van der Waals surface area (Å²) >= 11 is 2.48. The standard InChI is InChI=1S/C21H25IN2O/c1-13-20(14(2)25-24-13)18-11-17-8-7-16(9-15-5-3-4-6-15)10-19(22)21(17)23-12-18/h10-12,15-16H,3-9H2,1-2H3. The molecule has 0 saturated heterocycles. The molecule has 25 heavy (non-hydrogen) atoms. The van der Waals surface area contributed by atoms with E-state index in [4.69, 9.17) is 9.51 Å². The minimum absolute atomic E-state index is 0.701. The zero-order chi connectivity index (χ0) is 17.4. The van der Waals surface area contributed by atoms with Gasteiger partial charge in [-0.2, -0.15) is 0 Å². The summed E-state index contributed by atoms with van der Waals surface area (Å²) in [6, 6.07) is 2.30. The molecule has 0 N–H and O–H groups in total. The number of pyridine rings is 1. The first-order chi connectivity index (χ1) is 12.1. The summed E-state index contributed by atoms with van der Waals surface area (Å²) in [6.07, 6.45) is 13.9. The lowest BCUT2D eigenvalue weighted by atomic mass is 9.90. The van der Waals surface area contributed by atoms with E-state index in [2.05, 4.69) is 39.9 Å². The Kier molecular flexibility index (Phi) is 4.98. The first-order valence-corrected chi connectivity index (χ1v) is 10.5. The minimum atomic E-state index is 0.701. The van der Waals surface area contributed by atoms with Gasteiger partial charge in [0.05, 0.1) is 11.4 Å². The zero-order valence-corrected chi connectivity index (χ0v) is 17.2. The van der Waals surface area contributed by atoms with Crippen LogP contribution in [0.3, 0.4) is 0 Å². The molecule has 0 aromatic carbocycles. The van der Waals surface area contributed by atoms with Crippen LogP contribution in [0.1, 0.15) is 61.2 Å². The van der Waals surface area contributed by atoms with Gasteiger partial charge in [-0.05, 0) is 79.2 Å². The Morgan fingerprint density at radius 1 is 1.20 bits per heavy atom. The van der Waals surface area contributed by atoms with Crippen molar-refractivity contribution in [3.05, 3.63) is 41.1 Å². The van der Waals surface area contributed by atoms with Crippen LogP contribution in [0.2, 0.25) is 0 Å². The zero-order valence-electron chi connectivity index (χ0n) is 15.0. The quantitative estimate of drug-likeness (QED) is 0.520. The van der Waals surface area contributed by atoms with Gasteiger partial charge in [-0.15, -0.1) is 0 Å². The van der Waals surface area contributed by atoms with Gasteiger partial charge in [0, 0.05) is 20.9 Å². The SMILES string of the molecule is Cc1noc(C)c1-c1cnc2c(c1)CCC(CC1CCCC1)C=C2I. The monoisotopic (exact) mass is 448 g/mol. The maximum absolute atomic E-state index is 5.34. The van der Waals surface area contributed by atoms with Crippen LogP contribution in [-0.2, 0) is 6.42 Å². The van der Waals surface area contributed by atoms with Gasteiger partial charge in [-0.3, -0.25) is 4.98 Å². The fourth-order valence-electron chi connectivity index (χ4n) is 4.52. The maximum atomic E-state index is 5.34. The Bertz CT molecular complexity index is 783. The second-order valence-electron chi connectivity index (χ2n) is 7.63. The van der Waals surface area contributed by atoms with Crippen molar-refractivity contribution in [2.75, 3.05) is 0 Å². The van der Waals surface area contributed by atoms with E-state index in [1.54, 1.807) is 0 Å². The highest BCUT2D eigenvalue weighted by Gasteiger charge is 2.23. The lowest BCUT2D eigenvalue weighted by molar-refractivity contribution is 0.393. The van der Waals surface area contributed by atoms with E-state index in [-0.39, 0.29) is 0 Å². The fraction of sp³-hybridized carbons (Fsp3) is 0.524. The Balaban J connectivity index is 1.60. The van der Waals surface area contributed by atoms with Gasteiger partial charge in [0.1, 0.15) is 5.76 Å². The van der Waals surface area contributed by atoms with Crippen LogP contribution in [0.4, 0.5) is 0 Å². The number of aryl methyl sites for hydroxylation is 3. The third-order valence-electron chi connectivity index (χ3n) is 5.79. The molecule has 1 fully saturated rings. The van der Waals surface area contributed by atoms with E-state index in [1.807, 2.05) is 20.0 Å². The van der Waals surface area contributed by atoms with Gasteiger partial charge in [0.25, 0.3) is 0 Å². The summed E-state index contributed by atoms with van der Waals surface area (Å²) in [4.78, 5) is 4.82. The van der Waals surface area contributed by atoms with Gasteiger partial charge in [-0.25, -0.2) is 0 Å². The summed E-state index contributed by atoms with van der Waals surface area (Å²) in [5.74, 6) is 2.52. The lowest BCUT2D eigenvalue weighted by Gasteiger charge is -2.16. The Hall–Kier alpha value is -1.17. The van der Waals surface area contributed by atoms with Gasteiger partial charge in [0.15, 0.2) is 0 Å². The molecule has 1 atom stereocenters. The Labute approximate surface area is 163 Å². The molecule has 4 heteroatoms. The van der Waals surface area contributed by atoms with Crippen molar-refractivity contribution in [2.45, 2.75) is 58.8 Å². The molecule has 2 aliphatic rings. The normalized spacial score (nSPS) is 21.1. The van der Waals surface area contributed by atoms with Gasteiger partial charge < -0.3 is 4.52 Å². The molecule has 2 aromatic heterocycles. The van der Waals surface area contributed by atoms with Crippen molar-refractivity contribution >= 4 is 26.2 Å². The largest absolute Gasteiger partial charge is 0.361 e. The Morgan fingerprint density at radius 2 is 2.00 bits per heavy atom. The van der Waals surface area contributed by atoms with E-state index >= 15 is 0 Å². The summed E-state index contributed by atoms with van der Waals surface area (Å²) in [7, 11) is 0. The van der Waals surface area contributed by atoms with E-state index in [1.165, 1.54) is 53.4 Å². The molecule has 0 amide bonds. The number of fused-ring (bicyclic) bond motifs is 1. The molecule has 2 aromatic rings. The topological polar surface area (TPSA) is 38.9 Å². The molecule has 2 aliphatic carbocycles. The highest BCUT2D eigenvalue weighted by atomic mass is 127. The minimum Gasteiger partial charge on any atom is -0.361 e. The molecule has 1 saturated carbocycles. The smallest absolute Gasteiger partial charge is 0.141 e. The van der Waals surface area contributed by atoms with Crippen LogP contribution < -0.4 is 0 Å². The molecule has 3 nitrogen and oxygen atoms in total. The fourth-order valence-corrected chi connectivity index (χ4v) is 5.51. The number of hydrogen-bond acceptors (Lipinski definition) is 3. The molecule has 0 aliphatic heterocycles. The highest BCUT2D eigenvalue weighted by molar-refractivity contribution is 14.1. The summed E-state index contributed by atoms with van der Waals surface area (Å²) in [6.45, 7) is 3.97. The average molecular weight is 448 g/mol. The average Bonchev–Trinajstić information content (AvgIpc) is 3.18. The number of hydrogen-bond donors (Lipinski definition) is 0. The third kappa shape index (κ3) is 3.55. The third-order valence-corrected chi connectivity index (χ3v) is 6.66. The summed E-state index contributed by atoms with van der Waals surface area (Å²) in [5.41, 5.74) is 5.71. The molecule has 1 unspecified atom stereocenters. The van der Waals surface area contributed by atoms with Crippen LogP contribution in [0, 0.1) is 25.7 Å². The second kappa shape index (κ2) is 7.22. The van der Waals surface area contributed by atoms with E-state index in [9.17, 15) is 0 Å².